The van der Waals surface area contributed by atoms with Gasteiger partial charge in [0.1, 0.15) is 11.6 Å². The number of halogens is 2. The molecule has 94 valence electrons. The third kappa shape index (κ3) is 2.63. The van der Waals surface area contributed by atoms with Crippen molar-refractivity contribution < 1.29 is 17.2 Å². The maximum absolute atomic E-state index is 13.4. The fraction of sp³-hybridized carbons (Fsp3) is 0.455. The molecule has 17 heavy (non-hydrogen) atoms. The first-order chi connectivity index (χ1) is 7.81. The van der Waals surface area contributed by atoms with Crippen LogP contribution in [0.15, 0.2) is 18.2 Å². The first kappa shape index (κ1) is 12.4. The summed E-state index contributed by atoms with van der Waals surface area (Å²) in [6.45, 7) is 0. The van der Waals surface area contributed by atoms with Crippen LogP contribution in [0.5, 0.6) is 0 Å². The van der Waals surface area contributed by atoms with Gasteiger partial charge >= 0.3 is 0 Å². The lowest BCUT2D eigenvalue weighted by Gasteiger charge is -2.22. The monoisotopic (exact) mass is 261 g/mol. The smallest absolute Gasteiger partial charge is 0.152 e. The van der Waals surface area contributed by atoms with E-state index in [2.05, 4.69) is 0 Å². The summed E-state index contributed by atoms with van der Waals surface area (Å²) in [5.74, 6) is -1.59. The summed E-state index contributed by atoms with van der Waals surface area (Å²) in [5, 5.41) is 0. The Hall–Kier alpha value is -1.01. The third-order valence-electron chi connectivity index (χ3n) is 3.01. The fourth-order valence-electron chi connectivity index (χ4n) is 2.13. The van der Waals surface area contributed by atoms with E-state index in [9.17, 15) is 17.2 Å². The van der Waals surface area contributed by atoms with Gasteiger partial charge in [-0.2, -0.15) is 0 Å². The minimum atomic E-state index is -3.17. The Balaban J connectivity index is 2.28. The molecule has 0 bridgehead atoms. The van der Waals surface area contributed by atoms with Crippen LogP contribution in [0.2, 0.25) is 0 Å². The van der Waals surface area contributed by atoms with E-state index in [0.29, 0.717) is 0 Å². The molecule has 0 aromatic heterocycles. The number of sulfone groups is 1. The van der Waals surface area contributed by atoms with Crippen LogP contribution in [0.25, 0.3) is 0 Å². The van der Waals surface area contributed by atoms with E-state index in [0.717, 1.165) is 12.1 Å². The summed E-state index contributed by atoms with van der Waals surface area (Å²) in [4.78, 5) is 0. The SMILES string of the molecule is NC1(Cc2c(F)cccc2F)CCS(=O)(=O)C1. The fourth-order valence-corrected chi connectivity index (χ4v) is 4.12. The van der Waals surface area contributed by atoms with Gasteiger partial charge in [0.05, 0.1) is 11.5 Å². The second-order valence-electron chi connectivity index (χ2n) is 4.58. The van der Waals surface area contributed by atoms with Gasteiger partial charge in [0, 0.05) is 11.1 Å². The Bertz CT molecular complexity index is 524. The number of hydrogen-bond donors (Lipinski definition) is 1. The topological polar surface area (TPSA) is 60.2 Å². The molecule has 1 saturated heterocycles. The third-order valence-corrected chi connectivity index (χ3v) is 4.85. The van der Waals surface area contributed by atoms with Gasteiger partial charge < -0.3 is 5.73 Å². The standard InChI is InChI=1S/C11H13F2NO2S/c12-9-2-1-3-10(13)8(9)6-11(14)4-5-17(15,16)7-11/h1-3H,4-7,14H2. The molecular weight excluding hydrogens is 248 g/mol. The van der Waals surface area contributed by atoms with Gasteiger partial charge in [-0.1, -0.05) is 6.07 Å². The second-order valence-corrected chi connectivity index (χ2v) is 6.77. The van der Waals surface area contributed by atoms with Gasteiger partial charge in [-0.3, -0.25) is 0 Å². The van der Waals surface area contributed by atoms with Crippen molar-refractivity contribution in [3.05, 3.63) is 35.4 Å². The van der Waals surface area contributed by atoms with Crippen molar-refractivity contribution in [3.63, 3.8) is 0 Å². The normalized spacial score (nSPS) is 27.2. The zero-order chi connectivity index (χ0) is 12.7. The van der Waals surface area contributed by atoms with E-state index in [1.54, 1.807) is 0 Å². The molecule has 0 saturated carbocycles. The molecule has 0 aliphatic carbocycles. The van der Waals surface area contributed by atoms with Crippen LogP contribution < -0.4 is 5.73 Å². The van der Waals surface area contributed by atoms with Crippen LogP contribution in [0.1, 0.15) is 12.0 Å². The van der Waals surface area contributed by atoms with Gasteiger partial charge in [0.2, 0.25) is 0 Å². The molecule has 2 rings (SSSR count). The molecule has 1 aliphatic heterocycles. The summed E-state index contributed by atoms with van der Waals surface area (Å²) >= 11 is 0. The Kier molecular flexibility index (Phi) is 2.95. The molecule has 0 radical (unpaired) electrons. The highest BCUT2D eigenvalue weighted by Crippen LogP contribution is 2.27. The summed E-state index contributed by atoms with van der Waals surface area (Å²) in [6, 6.07) is 3.55. The number of nitrogens with two attached hydrogens (primary N) is 1. The van der Waals surface area contributed by atoms with Crippen LogP contribution in [-0.4, -0.2) is 25.5 Å². The zero-order valence-corrected chi connectivity index (χ0v) is 9.93. The van der Waals surface area contributed by atoms with Crippen molar-refractivity contribution in [1.82, 2.24) is 0 Å². The number of benzene rings is 1. The van der Waals surface area contributed by atoms with Crippen molar-refractivity contribution >= 4 is 9.84 Å². The van der Waals surface area contributed by atoms with Gasteiger partial charge in [0.25, 0.3) is 0 Å². The second kappa shape index (κ2) is 4.03. The Morgan fingerprint density at radius 2 is 1.88 bits per heavy atom. The molecule has 1 fully saturated rings. The molecule has 3 nitrogen and oxygen atoms in total. The highest BCUT2D eigenvalue weighted by atomic mass is 32.2. The molecular formula is C11H13F2NO2S. The molecule has 1 aromatic rings. The minimum absolute atomic E-state index is 0.0143. The van der Waals surface area contributed by atoms with Crippen molar-refractivity contribution in [3.8, 4) is 0 Å². The number of hydrogen-bond acceptors (Lipinski definition) is 3. The van der Waals surface area contributed by atoms with Crippen LogP contribution in [-0.2, 0) is 16.3 Å². The van der Waals surface area contributed by atoms with E-state index in [1.807, 2.05) is 0 Å². The van der Waals surface area contributed by atoms with Crippen LogP contribution in [0, 0.1) is 11.6 Å². The summed E-state index contributed by atoms with van der Waals surface area (Å²) in [7, 11) is -3.17. The average molecular weight is 261 g/mol. The molecule has 1 aliphatic rings. The summed E-state index contributed by atoms with van der Waals surface area (Å²) in [5.41, 5.74) is 4.71. The summed E-state index contributed by atoms with van der Waals surface area (Å²) in [6.07, 6.45) is 0.147. The zero-order valence-electron chi connectivity index (χ0n) is 9.12. The highest BCUT2D eigenvalue weighted by Gasteiger charge is 2.40. The van der Waals surface area contributed by atoms with Crippen LogP contribution in [0.4, 0.5) is 8.78 Å². The molecule has 0 spiro atoms. The van der Waals surface area contributed by atoms with Gasteiger partial charge in [-0.15, -0.1) is 0 Å². The van der Waals surface area contributed by atoms with Crippen LogP contribution >= 0.6 is 0 Å². The molecule has 1 heterocycles. The van der Waals surface area contributed by atoms with E-state index in [1.165, 1.54) is 6.07 Å². The molecule has 1 unspecified atom stereocenters. The Labute approximate surface area is 98.5 Å². The van der Waals surface area contributed by atoms with Crippen molar-refractivity contribution in [2.24, 2.45) is 5.73 Å². The van der Waals surface area contributed by atoms with Crippen LogP contribution in [0.3, 0.4) is 0 Å². The van der Waals surface area contributed by atoms with Gasteiger partial charge in [-0.25, -0.2) is 17.2 Å². The number of rotatable bonds is 2. The van der Waals surface area contributed by atoms with E-state index >= 15 is 0 Å². The lowest BCUT2D eigenvalue weighted by Crippen LogP contribution is -2.43. The van der Waals surface area contributed by atoms with Gasteiger partial charge in [-0.05, 0) is 25.0 Å². The molecule has 0 amide bonds. The first-order valence-corrected chi connectivity index (χ1v) is 7.06. The quantitative estimate of drug-likeness (QED) is 0.864. The lowest BCUT2D eigenvalue weighted by molar-refractivity contribution is 0.446. The predicted octanol–water partition coefficient (Wildman–Crippen LogP) is 1.02. The molecule has 2 N–H and O–H groups in total. The molecule has 6 heteroatoms. The maximum Gasteiger partial charge on any atom is 0.152 e. The maximum atomic E-state index is 13.4. The van der Waals surface area contributed by atoms with E-state index in [4.69, 9.17) is 5.73 Å². The average Bonchev–Trinajstić information content (AvgIpc) is 2.48. The molecule has 1 atom stereocenters. The van der Waals surface area contributed by atoms with Crippen molar-refractivity contribution in [2.45, 2.75) is 18.4 Å². The summed E-state index contributed by atoms with van der Waals surface area (Å²) < 4.78 is 49.5. The van der Waals surface area contributed by atoms with Crippen molar-refractivity contribution in [1.29, 1.82) is 0 Å². The molecule has 1 aromatic carbocycles. The first-order valence-electron chi connectivity index (χ1n) is 5.24. The lowest BCUT2D eigenvalue weighted by atomic mass is 9.91. The predicted molar refractivity (Wildman–Crippen MR) is 60.3 cm³/mol. The van der Waals surface area contributed by atoms with Crippen molar-refractivity contribution in [2.75, 3.05) is 11.5 Å². The minimum Gasteiger partial charge on any atom is -0.324 e. The van der Waals surface area contributed by atoms with Gasteiger partial charge in [0.15, 0.2) is 9.84 Å². The van der Waals surface area contributed by atoms with E-state index in [-0.39, 0.29) is 29.9 Å². The Morgan fingerprint density at radius 3 is 2.35 bits per heavy atom. The highest BCUT2D eigenvalue weighted by molar-refractivity contribution is 7.91. The Morgan fingerprint density at radius 1 is 1.29 bits per heavy atom. The van der Waals surface area contributed by atoms with E-state index < -0.39 is 27.0 Å². The largest absolute Gasteiger partial charge is 0.324 e.